The van der Waals surface area contributed by atoms with Crippen molar-refractivity contribution in [2.75, 3.05) is 0 Å². The lowest BCUT2D eigenvalue weighted by Gasteiger charge is -2.32. The molecule has 0 amide bonds. The number of hydrogen-bond acceptors (Lipinski definition) is 1. The van der Waals surface area contributed by atoms with Crippen LogP contribution in [0.3, 0.4) is 0 Å². The van der Waals surface area contributed by atoms with Crippen molar-refractivity contribution < 1.29 is 71.0 Å². The molecule has 0 heterocycles. The van der Waals surface area contributed by atoms with Gasteiger partial charge < -0.3 is 5.11 Å². The summed E-state index contributed by atoms with van der Waals surface area (Å²) < 4.78 is 210. The van der Waals surface area contributed by atoms with Crippen LogP contribution < -0.4 is 0 Å². The first-order valence-corrected chi connectivity index (χ1v) is 8.31. The zero-order valence-electron chi connectivity index (χ0n) is 15.6. The maximum Gasteiger partial charge on any atom is 0.200 e. The molecule has 0 aliphatic rings. The van der Waals surface area contributed by atoms with Crippen molar-refractivity contribution in [2.24, 2.45) is 0 Å². The third-order valence-corrected chi connectivity index (χ3v) is 4.71. The van der Waals surface area contributed by atoms with E-state index in [2.05, 4.69) is 0 Å². The van der Waals surface area contributed by atoms with Gasteiger partial charge in [-0.15, -0.1) is 0 Å². The molecule has 3 aromatic rings. The van der Waals surface area contributed by atoms with Gasteiger partial charge in [0.25, 0.3) is 0 Å². The van der Waals surface area contributed by atoms with Crippen LogP contribution in [0.2, 0.25) is 0 Å². The first-order chi connectivity index (χ1) is 16.0. The Labute approximate surface area is 181 Å². The summed E-state index contributed by atoms with van der Waals surface area (Å²) in [5.74, 6) is -48.2. The molecule has 1 nitrogen and oxygen atoms in total. The molecule has 3 rings (SSSR count). The topological polar surface area (TPSA) is 20.2 Å². The summed E-state index contributed by atoms with van der Waals surface area (Å²) in [4.78, 5) is 0. The van der Waals surface area contributed by atoms with Gasteiger partial charge in [0.15, 0.2) is 75.4 Å². The molecule has 0 radical (unpaired) electrons. The van der Waals surface area contributed by atoms with Gasteiger partial charge >= 0.3 is 0 Å². The lowest BCUT2D eigenvalue weighted by molar-refractivity contribution is 0.0903. The summed E-state index contributed by atoms with van der Waals surface area (Å²) in [5.41, 5.74) is -14.9. The Morgan fingerprint density at radius 2 is 0.371 bits per heavy atom. The molecule has 0 aliphatic carbocycles. The Hall–Kier alpha value is -3.43. The molecule has 0 atom stereocenters. The van der Waals surface area contributed by atoms with E-state index >= 15 is 0 Å². The zero-order chi connectivity index (χ0) is 26.9. The van der Waals surface area contributed by atoms with Crippen LogP contribution in [-0.4, -0.2) is 5.11 Å². The number of aliphatic hydroxyl groups is 1. The van der Waals surface area contributed by atoms with E-state index in [4.69, 9.17) is 0 Å². The Morgan fingerprint density at radius 1 is 0.257 bits per heavy atom. The molecule has 1 N–H and O–H groups in total. The summed E-state index contributed by atoms with van der Waals surface area (Å²) in [6.45, 7) is 0. The first kappa shape index (κ1) is 26.2. The van der Waals surface area contributed by atoms with Crippen LogP contribution >= 0.6 is 0 Å². The van der Waals surface area contributed by atoms with Gasteiger partial charge in [-0.1, -0.05) is 0 Å². The summed E-state index contributed by atoms with van der Waals surface area (Å²) in [7, 11) is 0. The van der Waals surface area contributed by atoms with E-state index in [1.165, 1.54) is 0 Å². The van der Waals surface area contributed by atoms with Crippen LogP contribution in [0.15, 0.2) is 0 Å². The molecule has 0 bridgehead atoms. The van der Waals surface area contributed by atoms with Gasteiger partial charge in [0.05, 0.1) is 16.7 Å². The summed E-state index contributed by atoms with van der Waals surface area (Å²) in [5, 5.41) is 10.7. The highest BCUT2D eigenvalue weighted by Crippen LogP contribution is 2.47. The minimum absolute atomic E-state index is 3.05. The van der Waals surface area contributed by atoms with E-state index in [1.54, 1.807) is 0 Å². The lowest BCUT2D eigenvalue weighted by atomic mass is 9.78. The monoisotopic (exact) mass is 530 g/mol. The maximum atomic E-state index is 14.5. The SMILES string of the molecule is OC(c1c(F)c(F)c(F)c(F)c1F)(c1c(F)c(F)c(F)c(F)c1F)c1c(F)c(F)c(F)c(F)c1F. The van der Waals surface area contributed by atoms with Gasteiger partial charge in [-0.05, 0) is 0 Å². The van der Waals surface area contributed by atoms with Gasteiger partial charge in [0, 0.05) is 0 Å². The van der Waals surface area contributed by atoms with Crippen LogP contribution in [0.1, 0.15) is 16.7 Å². The van der Waals surface area contributed by atoms with Crippen LogP contribution in [0.25, 0.3) is 0 Å². The third kappa shape index (κ3) is 3.33. The van der Waals surface area contributed by atoms with E-state index in [9.17, 15) is 71.0 Å². The molecule has 3 aromatic carbocycles. The molecule has 0 fully saturated rings. The quantitative estimate of drug-likeness (QED) is 0.189. The van der Waals surface area contributed by atoms with Crippen molar-refractivity contribution in [2.45, 2.75) is 5.60 Å². The minimum atomic E-state index is -5.45. The van der Waals surface area contributed by atoms with Gasteiger partial charge in [0.2, 0.25) is 17.5 Å². The standard InChI is InChI=1S/C19HF15O/c20-4-1(5(21)11(27)16(32)10(4)26)19(35,2-6(22)12(28)17(33)13(29)7(2)23)3-8(24)14(30)18(34)15(31)9(3)25/h35H. The molecular formula is C19HF15O. The normalized spacial score (nSPS) is 12.0. The van der Waals surface area contributed by atoms with Crippen molar-refractivity contribution in [3.8, 4) is 0 Å². The molecule has 0 spiro atoms. The fraction of sp³-hybridized carbons (Fsp3) is 0.0526. The number of halogens is 15. The molecular weight excluding hydrogens is 529 g/mol. The fourth-order valence-electron chi connectivity index (χ4n) is 3.14. The summed E-state index contributed by atoms with van der Waals surface area (Å²) in [6, 6.07) is 0. The largest absolute Gasteiger partial charge is 0.375 e. The summed E-state index contributed by atoms with van der Waals surface area (Å²) >= 11 is 0. The Kier molecular flexibility index (Phi) is 6.25. The molecule has 0 aromatic heterocycles. The van der Waals surface area contributed by atoms with Crippen molar-refractivity contribution in [1.29, 1.82) is 0 Å². The van der Waals surface area contributed by atoms with Crippen LogP contribution in [-0.2, 0) is 5.60 Å². The summed E-state index contributed by atoms with van der Waals surface area (Å²) in [6.07, 6.45) is 0. The molecule has 35 heavy (non-hydrogen) atoms. The fourth-order valence-corrected chi connectivity index (χ4v) is 3.14. The second-order valence-corrected chi connectivity index (χ2v) is 6.55. The lowest BCUT2D eigenvalue weighted by Crippen LogP contribution is -2.38. The van der Waals surface area contributed by atoms with E-state index in [0.717, 1.165) is 0 Å². The highest BCUT2D eigenvalue weighted by molar-refractivity contribution is 5.51. The zero-order valence-corrected chi connectivity index (χ0v) is 15.6. The molecule has 0 unspecified atom stereocenters. The highest BCUT2D eigenvalue weighted by atomic mass is 19.2. The van der Waals surface area contributed by atoms with Gasteiger partial charge in [-0.25, -0.2) is 65.9 Å². The van der Waals surface area contributed by atoms with Crippen molar-refractivity contribution in [1.82, 2.24) is 0 Å². The van der Waals surface area contributed by atoms with Crippen LogP contribution in [0.5, 0.6) is 0 Å². The van der Waals surface area contributed by atoms with Gasteiger partial charge in [-0.3, -0.25) is 0 Å². The number of benzene rings is 3. The smallest absolute Gasteiger partial charge is 0.200 e. The predicted molar refractivity (Wildman–Crippen MR) is 80.8 cm³/mol. The maximum absolute atomic E-state index is 14.5. The van der Waals surface area contributed by atoms with E-state index in [1.807, 2.05) is 0 Å². The molecule has 0 saturated carbocycles. The highest BCUT2D eigenvalue weighted by Gasteiger charge is 2.52. The number of hydrogen-bond donors (Lipinski definition) is 1. The average molecular weight is 530 g/mol. The van der Waals surface area contributed by atoms with Crippen molar-refractivity contribution in [3.63, 3.8) is 0 Å². The molecule has 16 heteroatoms. The van der Waals surface area contributed by atoms with Gasteiger partial charge in [0.1, 0.15) is 0 Å². The van der Waals surface area contributed by atoms with E-state index in [0.29, 0.717) is 0 Å². The predicted octanol–water partition coefficient (Wildman–Crippen LogP) is 6.06. The van der Waals surface area contributed by atoms with E-state index < -0.39 is 110 Å². The van der Waals surface area contributed by atoms with Crippen LogP contribution in [0.4, 0.5) is 65.9 Å². The van der Waals surface area contributed by atoms with Gasteiger partial charge in [-0.2, -0.15) is 0 Å². The third-order valence-electron chi connectivity index (χ3n) is 4.71. The second-order valence-electron chi connectivity index (χ2n) is 6.55. The number of rotatable bonds is 3. The second kappa shape index (κ2) is 8.35. The average Bonchev–Trinajstić information content (AvgIpc) is 2.81. The Bertz CT molecular complexity index is 1160. The molecule has 0 aliphatic heterocycles. The Morgan fingerprint density at radius 3 is 0.514 bits per heavy atom. The molecule has 188 valence electrons. The first-order valence-electron chi connectivity index (χ1n) is 8.31. The van der Waals surface area contributed by atoms with Crippen molar-refractivity contribution >= 4 is 0 Å². The van der Waals surface area contributed by atoms with Crippen molar-refractivity contribution in [3.05, 3.63) is 104 Å². The molecule has 0 saturated heterocycles. The Balaban J connectivity index is 2.78. The van der Waals surface area contributed by atoms with E-state index in [-0.39, 0.29) is 0 Å². The minimum Gasteiger partial charge on any atom is -0.375 e. The van der Waals surface area contributed by atoms with Crippen LogP contribution in [0, 0.1) is 87.3 Å².